The van der Waals surface area contributed by atoms with Gasteiger partial charge in [0.05, 0.1) is 49.3 Å². The van der Waals surface area contributed by atoms with Gasteiger partial charge in [-0.1, -0.05) is 28.1 Å². The molecule has 4 aliphatic heterocycles. The molecule has 4 atom stereocenters. The molecule has 6 heterocycles. The first-order chi connectivity index (χ1) is 28.3. The Labute approximate surface area is 348 Å². The summed E-state index contributed by atoms with van der Waals surface area (Å²) in [6, 6.07) is 11.6. The quantitative estimate of drug-likeness (QED) is 0.152. The molecule has 0 saturated carbocycles. The molecule has 0 spiro atoms. The van der Waals surface area contributed by atoms with Crippen LogP contribution in [0.2, 0.25) is 0 Å². The van der Waals surface area contributed by atoms with Crippen molar-refractivity contribution in [2.45, 2.75) is 38.8 Å². The molecular weight excluding hydrogens is 826 g/mol. The molecule has 4 aromatic rings. The van der Waals surface area contributed by atoms with Gasteiger partial charge in [0.2, 0.25) is 0 Å². The van der Waals surface area contributed by atoms with Crippen molar-refractivity contribution in [1.29, 1.82) is 10.5 Å². The zero-order valence-electron chi connectivity index (χ0n) is 32.1. The molecule has 0 aliphatic carbocycles. The summed E-state index contributed by atoms with van der Waals surface area (Å²) in [5, 5.41) is 49.0. The number of primary amides is 2. The van der Waals surface area contributed by atoms with Crippen molar-refractivity contribution < 1.29 is 38.4 Å². The highest BCUT2D eigenvalue weighted by Crippen LogP contribution is 2.35. The number of carbonyl (C=O) groups excluding carboxylic acids is 2. The van der Waals surface area contributed by atoms with Crippen LogP contribution in [0.15, 0.2) is 53.1 Å². The summed E-state index contributed by atoms with van der Waals surface area (Å²) in [6.07, 6.45) is 7.92. The minimum absolute atomic E-state index is 0.0831. The van der Waals surface area contributed by atoms with E-state index in [2.05, 4.69) is 43.6 Å². The van der Waals surface area contributed by atoms with Gasteiger partial charge in [0.15, 0.2) is 11.6 Å². The van der Waals surface area contributed by atoms with Crippen LogP contribution in [0.3, 0.4) is 0 Å². The number of rotatable bonds is 6. The van der Waals surface area contributed by atoms with Crippen molar-refractivity contribution in [3.8, 4) is 23.6 Å². The highest BCUT2D eigenvalue weighted by molar-refractivity contribution is 9.10. The second kappa shape index (κ2) is 18.7. The molecule has 304 valence electrons. The van der Waals surface area contributed by atoms with Crippen molar-refractivity contribution >= 4 is 71.5 Å². The minimum Gasteiger partial charge on any atom is -0.532 e. The topological polar surface area (TPSA) is 285 Å². The molecule has 2 aromatic carbocycles. The maximum Gasteiger partial charge on any atom is 0.552 e. The Balaban J connectivity index is 0.000000165. The fraction of sp³-hybridized carbons (Fsp3) is 0.316. The van der Waals surface area contributed by atoms with Gasteiger partial charge >= 0.3 is 14.2 Å². The van der Waals surface area contributed by atoms with Crippen LogP contribution in [0.5, 0.6) is 11.5 Å². The molecule has 2 aromatic heterocycles. The lowest BCUT2D eigenvalue weighted by Gasteiger charge is -2.26. The highest BCUT2D eigenvalue weighted by Gasteiger charge is 2.31. The number of nitrogen functional groups attached to an aromatic ring is 1. The number of amides is 2. The van der Waals surface area contributed by atoms with Gasteiger partial charge in [-0.15, -0.1) is 0 Å². The SMILES string of the molecule is Cc1cc(Br)cc2c1OB(O)C=C2.Cc1cc(Nc2nn(C3COCC[C@@H]3C#N)cc2C(N)=O)cc2c1OB(O)C=C2.N#C[C@H]1CCOC[C@@H]1n1cc(C(N)=O)c(N)n1. The Hall–Kier alpha value is -6.09. The molecule has 8 rings (SSSR count). The third-order valence-electron chi connectivity index (χ3n) is 9.88. The van der Waals surface area contributed by atoms with E-state index in [1.54, 1.807) is 28.9 Å². The fourth-order valence-electron chi connectivity index (χ4n) is 6.90. The van der Waals surface area contributed by atoms with Crippen LogP contribution in [0.1, 0.15) is 67.9 Å². The van der Waals surface area contributed by atoms with Crippen molar-refractivity contribution in [3.63, 3.8) is 0 Å². The molecule has 2 fully saturated rings. The van der Waals surface area contributed by atoms with Gasteiger partial charge in [0, 0.05) is 46.9 Å². The Morgan fingerprint density at radius 3 is 1.86 bits per heavy atom. The number of benzene rings is 2. The van der Waals surface area contributed by atoms with Crippen molar-refractivity contribution in [2.24, 2.45) is 23.3 Å². The first-order valence-electron chi connectivity index (χ1n) is 18.5. The van der Waals surface area contributed by atoms with Crippen molar-refractivity contribution in [1.82, 2.24) is 19.6 Å². The van der Waals surface area contributed by atoms with Gasteiger partial charge in [-0.3, -0.25) is 19.0 Å². The molecule has 9 N–H and O–H groups in total. The van der Waals surface area contributed by atoms with E-state index in [0.29, 0.717) is 56.5 Å². The van der Waals surface area contributed by atoms with E-state index in [4.69, 9.17) is 41.2 Å². The van der Waals surface area contributed by atoms with Crippen molar-refractivity contribution in [3.05, 3.63) is 86.5 Å². The summed E-state index contributed by atoms with van der Waals surface area (Å²) in [7, 11) is -1.78. The third-order valence-corrected chi connectivity index (χ3v) is 10.3. The van der Waals surface area contributed by atoms with Crippen LogP contribution in [-0.4, -0.2) is 82.1 Å². The molecule has 2 saturated heterocycles. The predicted molar refractivity (Wildman–Crippen MR) is 222 cm³/mol. The van der Waals surface area contributed by atoms with Gasteiger partial charge < -0.3 is 51.3 Å². The van der Waals surface area contributed by atoms with E-state index >= 15 is 0 Å². The molecule has 4 aliphatic rings. The lowest BCUT2D eigenvalue weighted by molar-refractivity contribution is 0.0341. The number of anilines is 3. The minimum atomic E-state index is -0.969. The lowest BCUT2D eigenvalue weighted by Crippen LogP contribution is -2.29. The highest BCUT2D eigenvalue weighted by atomic mass is 79.9. The zero-order chi connectivity index (χ0) is 42.4. The van der Waals surface area contributed by atoms with Gasteiger partial charge in [-0.05, 0) is 74.0 Å². The third kappa shape index (κ3) is 9.97. The molecule has 0 bridgehead atoms. The summed E-state index contributed by atoms with van der Waals surface area (Å²) in [4.78, 5) is 23.0. The average molecular weight is 867 g/mol. The average Bonchev–Trinajstić information content (AvgIpc) is 3.82. The van der Waals surface area contributed by atoms with Gasteiger partial charge in [0.1, 0.15) is 22.6 Å². The van der Waals surface area contributed by atoms with Gasteiger partial charge in [-0.25, -0.2) is 0 Å². The summed E-state index contributed by atoms with van der Waals surface area (Å²) >= 11 is 3.40. The predicted octanol–water partition coefficient (Wildman–Crippen LogP) is 3.41. The zero-order valence-corrected chi connectivity index (χ0v) is 33.7. The number of aryl methyl sites for hydroxylation is 2. The standard InChI is InChI=1S/C19H20BN5O4.C10H13N5O2.C9H8BBrO2/c1-11-6-14(7-12-2-4-20(27)29-17(11)12)23-19-15(18(22)26)9-25(24-19)16-10-28-5-3-13(16)8-21;11-3-6-1-2-17-5-8(6)15-4-7(10(13)16)9(12)14-15;1-6-4-8(11)5-7-2-3-10(12)13-9(6)7/h2,4,6-7,9,13,16,27H,3,5,10H2,1H3,(H2,22,26)(H,23,24);4,6,8H,1-2,5H2,(H2,12,14)(H2,13,16);2-5,12H,1H3/t13-,16?;6-,8+;/m11./s1. The lowest BCUT2D eigenvalue weighted by atomic mass is 9.86. The Bertz CT molecular complexity index is 2370. The van der Waals surface area contributed by atoms with Gasteiger partial charge in [-0.2, -0.15) is 20.7 Å². The number of fused-ring (bicyclic) bond motifs is 2. The monoisotopic (exact) mass is 866 g/mol. The normalized spacial score (nSPS) is 20.1. The number of carbonyl (C=O) groups is 2. The number of aromatic nitrogens is 4. The van der Waals surface area contributed by atoms with Crippen LogP contribution in [-0.2, 0) is 9.47 Å². The summed E-state index contributed by atoms with van der Waals surface area (Å²) in [5.41, 5.74) is 21.0. The molecule has 0 radical (unpaired) electrons. The first-order valence-corrected chi connectivity index (χ1v) is 19.3. The van der Waals surface area contributed by atoms with Crippen LogP contribution in [0.25, 0.3) is 12.2 Å². The smallest absolute Gasteiger partial charge is 0.532 e. The summed E-state index contributed by atoms with van der Waals surface area (Å²) in [5.74, 6) is 3.22. The molecule has 59 heavy (non-hydrogen) atoms. The number of nitriles is 2. The Morgan fingerprint density at radius 1 is 0.831 bits per heavy atom. The maximum atomic E-state index is 12.0. The second-order valence-electron chi connectivity index (χ2n) is 14.1. The van der Waals surface area contributed by atoms with Crippen LogP contribution < -0.4 is 31.8 Å². The molecule has 2 amide bonds. The second-order valence-corrected chi connectivity index (χ2v) is 15.0. The number of nitrogens with one attached hydrogen (secondary N) is 1. The largest absolute Gasteiger partial charge is 0.552 e. The number of nitrogens with two attached hydrogens (primary N) is 3. The number of nitrogens with zero attached hydrogens (tertiary/aromatic N) is 6. The van der Waals surface area contributed by atoms with Crippen LogP contribution in [0.4, 0.5) is 17.3 Å². The first kappa shape index (κ1) is 42.5. The molecule has 18 nitrogen and oxygen atoms in total. The fourth-order valence-corrected chi connectivity index (χ4v) is 7.49. The Morgan fingerprint density at radius 2 is 1.34 bits per heavy atom. The van der Waals surface area contributed by atoms with E-state index in [1.807, 2.05) is 44.2 Å². The number of ether oxygens (including phenoxy) is 2. The maximum absolute atomic E-state index is 12.0. The molecular formula is C38H41B2BrN10O8. The summed E-state index contributed by atoms with van der Waals surface area (Å²) in [6.45, 7) is 5.64. The molecule has 21 heteroatoms. The van der Waals surface area contributed by atoms with E-state index in [0.717, 1.165) is 32.5 Å². The van der Waals surface area contributed by atoms with Gasteiger partial charge in [0.25, 0.3) is 11.8 Å². The Kier molecular flexibility index (Phi) is 13.4. The van der Waals surface area contributed by atoms with E-state index in [-0.39, 0.29) is 40.9 Å². The molecule has 1 unspecified atom stereocenters. The van der Waals surface area contributed by atoms with E-state index in [1.165, 1.54) is 10.9 Å². The van der Waals surface area contributed by atoms with Crippen molar-refractivity contribution in [2.75, 3.05) is 37.5 Å². The number of hydrogen-bond donors (Lipinski definition) is 6. The van der Waals surface area contributed by atoms with Crippen LogP contribution in [0, 0.1) is 48.3 Å². The van der Waals surface area contributed by atoms with E-state index in [9.17, 15) is 24.9 Å². The summed E-state index contributed by atoms with van der Waals surface area (Å²) < 4.78 is 25.6. The number of hydrogen-bond acceptors (Lipinski definition) is 14. The van der Waals surface area contributed by atoms with E-state index < -0.39 is 26.1 Å². The number of halogens is 1. The van der Waals surface area contributed by atoms with Crippen LogP contribution >= 0.6 is 15.9 Å².